The molecule has 2 aliphatic carbocycles. The smallest absolute Gasteiger partial charge is 0.410 e. The first kappa shape index (κ1) is 21.7. The van der Waals surface area contributed by atoms with Gasteiger partial charge in [0.05, 0.1) is 5.69 Å². The number of ether oxygens (including phenoxy) is 1. The number of carboxylic acids is 1. The molecule has 8 heteroatoms. The lowest BCUT2D eigenvalue weighted by Crippen LogP contribution is -2.49. The largest absolute Gasteiger partial charge is 0.481 e. The van der Waals surface area contributed by atoms with E-state index in [0.29, 0.717) is 18.2 Å². The molecule has 3 aliphatic rings. The van der Waals surface area contributed by atoms with Gasteiger partial charge in [-0.05, 0) is 59.8 Å². The minimum Gasteiger partial charge on any atom is -0.481 e. The SMILES string of the molecule is Cn1cc2c(n1)C(C)(C(=O)O)CC=C2N1CCC(N(C(=O)OC(C)(C)C)C2CC2)CC1. The Morgan fingerprint density at radius 3 is 2.35 bits per heavy atom. The fourth-order valence-corrected chi connectivity index (χ4v) is 4.73. The number of aliphatic carboxylic acids is 1. The molecule has 4 rings (SSSR count). The summed E-state index contributed by atoms with van der Waals surface area (Å²) in [5.41, 5.74) is 1.11. The summed E-state index contributed by atoms with van der Waals surface area (Å²) in [6.07, 6.45) is 8.05. The maximum atomic E-state index is 12.8. The summed E-state index contributed by atoms with van der Waals surface area (Å²) >= 11 is 0. The number of carboxylic acid groups (broad SMARTS) is 1. The second-order valence-corrected chi connectivity index (χ2v) is 10.3. The maximum absolute atomic E-state index is 12.8. The van der Waals surface area contributed by atoms with Crippen molar-refractivity contribution in [3.63, 3.8) is 0 Å². The maximum Gasteiger partial charge on any atom is 0.410 e. The number of hydrogen-bond acceptors (Lipinski definition) is 5. The van der Waals surface area contributed by atoms with Gasteiger partial charge in [-0.15, -0.1) is 0 Å². The van der Waals surface area contributed by atoms with Gasteiger partial charge in [-0.1, -0.05) is 6.08 Å². The lowest BCUT2D eigenvalue weighted by atomic mass is 9.77. The van der Waals surface area contributed by atoms with Gasteiger partial charge in [0.1, 0.15) is 11.0 Å². The molecule has 1 atom stereocenters. The third-order valence-electron chi connectivity index (χ3n) is 6.55. The minimum atomic E-state index is -1.00. The van der Waals surface area contributed by atoms with Crippen LogP contribution in [0.5, 0.6) is 0 Å². The number of carbonyl (C=O) groups is 2. The van der Waals surface area contributed by atoms with Crippen LogP contribution in [0.1, 0.15) is 71.1 Å². The summed E-state index contributed by atoms with van der Waals surface area (Å²) in [6, 6.07) is 0.488. The Bertz CT molecular complexity index is 903. The molecule has 1 unspecified atom stereocenters. The highest BCUT2D eigenvalue weighted by Crippen LogP contribution is 2.41. The number of aryl methyl sites for hydroxylation is 1. The van der Waals surface area contributed by atoms with Gasteiger partial charge >= 0.3 is 12.1 Å². The molecule has 170 valence electrons. The molecule has 1 N–H and O–H groups in total. The molecule has 1 aromatic rings. The molecule has 1 aliphatic heterocycles. The van der Waals surface area contributed by atoms with Crippen LogP contribution >= 0.6 is 0 Å². The Hall–Kier alpha value is -2.51. The number of aromatic nitrogens is 2. The van der Waals surface area contributed by atoms with Crippen molar-refractivity contribution in [2.45, 2.75) is 82.9 Å². The summed E-state index contributed by atoms with van der Waals surface area (Å²) in [7, 11) is 1.83. The van der Waals surface area contributed by atoms with E-state index >= 15 is 0 Å². The highest BCUT2D eigenvalue weighted by atomic mass is 16.6. The lowest BCUT2D eigenvalue weighted by molar-refractivity contribution is -0.143. The van der Waals surface area contributed by atoms with Crippen LogP contribution in [0, 0.1) is 0 Å². The highest BCUT2D eigenvalue weighted by molar-refractivity contribution is 5.85. The number of hydrogen-bond donors (Lipinski definition) is 1. The van der Waals surface area contributed by atoms with Crippen molar-refractivity contribution < 1.29 is 19.4 Å². The first-order chi connectivity index (χ1) is 14.5. The minimum absolute atomic E-state index is 0.181. The lowest BCUT2D eigenvalue weighted by Gasteiger charge is -2.42. The van der Waals surface area contributed by atoms with Gasteiger partial charge in [0.15, 0.2) is 0 Å². The quantitative estimate of drug-likeness (QED) is 0.788. The van der Waals surface area contributed by atoms with Crippen molar-refractivity contribution in [2.75, 3.05) is 13.1 Å². The molecular weight excluding hydrogens is 396 g/mol. The molecular formula is C23H34N4O4. The number of likely N-dealkylation sites (tertiary alicyclic amines) is 1. The Morgan fingerprint density at radius 1 is 1.19 bits per heavy atom. The summed E-state index contributed by atoms with van der Waals surface area (Å²) in [4.78, 5) is 29.1. The second kappa shape index (κ2) is 7.57. The summed E-state index contributed by atoms with van der Waals surface area (Å²) in [5.74, 6) is -0.848. The number of fused-ring (bicyclic) bond motifs is 1. The van der Waals surface area contributed by atoms with Crippen LogP contribution in [-0.4, -0.2) is 67.5 Å². The third kappa shape index (κ3) is 4.16. The molecule has 31 heavy (non-hydrogen) atoms. The van der Waals surface area contributed by atoms with Gasteiger partial charge in [-0.2, -0.15) is 5.10 Å². The van der Waals surface area contributed by atoms with E-state index in [2.05, 4.69) is 10.00 Å². The fraction of sp³-hybridized carbons (Fsp3) is 0.696. The van der Waals surface area contributed by atoms with Gasteiger partial charge in [0.2, 0.25) is 0 Å². The zero-order valence-corrected chi connectivity index (χ0v) is 19.2. The molecule has 0 radical (unpaired) electrons. The number of allylic oxidation sites excluding steroid dienone is 1. The topological polar surface area (TPSA) is 87.9 Å². The van der Waals surface area contributed by atoms with Gasteiger partial charge in [0.25, 0.3) is 0 Å². The van der Waals surface area contributed by atoms with E-state index in [9.17, 15) is 14.7 Å². The van der Waals surface area contributed by atoms with Crippen molar-refractivity contribution in [1.82, 2.24) is 19.6 Å². The van der Waals surface area contributed by atoms with Crippen molar-refractivity contribution in [2.24, 2.45) is 7.05 Å². The molecule has 2 heterocycles. The second-order valence-electron chi connectivity index (χ2n) is 10.3. The summed E-state index contributed by atoms with van der Waals surface area (Å²) < 4.78 is 7.39. The van der Waals surface area contributed by atoms with Crippen LogP contribution in [0.2, 0.25) is 0 Å². The van der Waals surface area contributed by atoms with Gasteiger partial charge in [-0.25, -0.2) is 4.79 Å². The molecule has 0 bridgehead atoms. The van der Waals surface area contributed by atoms with E-state index in [1.54, 1.807) is 11.6 Å². The summed E-state index contributed by atoms with van der Waals surface area (Å²) in [5, 5.41) is 14.3. The first-order valence-corrected chi connectivity index (χ1v) is 11.2. The molecule has 8 nitrogen and oxygen atoms in total. The van der Waals surface area contributed by atoms with Crippen molar-refractivity contribution in [3.05, 3.63) is 23.5 Å². The Morgan fingerprint density at radius 2 is 1.81 bits per heavy atom. The molecule has 0 aromatic carbocycles. The third-order valence-corrected chi connectivity index (χ3v) is 6.55. The summed E-state index contributed by atoms with van der Waals surface area (Å²) in [6.45, 7) is 9.11. The zero-order valence-electron chi connectivity index (χ0n) is 19.2. The Labute approximate surface area is 183 Å². The number of piperidine rings is 1. The van der Waals surface area contributed by atoms with Crippen molar-refractivity contribution in [3.8, 4) is 0 Å². The average Bonchev–Trinajstić information content (AvgIpc) is 3.41. The predicted molar refractivity (Wildman–Crippen MR) is 116 cm³/mol. The van der Waals surface area contributed by atoms with Gasteiger partial charge in [0, 0.05) is 49.7 Å². The van der Waals surface area contributed by atoms with E-state index in [-0.39, 0.29) is 12.1 Å². The number of amides is 1. The Balaban J connectivity index is 1.48. The van der Waals surface area contributed by atoms with Crippen LogP contribution in [0.3, 0.4) is 0 Å². The van der Waals surface area contributed by atoms with E-state index in [0.717, 1.165) is 50.0 Å². The average molecular weight is 431 g/mol. The molecule has 1 saturated carbocycles. The highest BCUT2D eigenvalue weighted by Gasteiger charge is 2.44. The molecule has 1 saturated heterocycles. The number of rotatable bonds is 4. The van der Waals surface area contributed by atoms with Crippen LogP contribution in [0.25, 0.3) is 5.70 Å². The van der Waals surface area contributed by atoms with E-state index in [1.807, 2.05) is 45.0 Å². The standard InChI is InChI=1S/C23H34N4O4/c1-22(2,3)31-21(30)27(15-6-7-15)16-9-12-26(13-10-16)18-8-11-23(4,20(28)29)19-17(18)14-25(5)24-19/h8,14-16H,6-7,9-13H2,1-5H3,(H,28,29). The van der Waals surface area contributed by atoms with E-state index in [1.165, 1.54) is 0 Å². The monoisotopic (exact) mass is 430 g/mol. The van der Waals surface area contributed by atoms with Crippen LogP contribution in [0.4, 0.5) is 4.79 Å². The van der Waals surface area contributed by atoms with Crippen molar-refractivity contribution >= 4 is 17.8 Å². The molecule has 2 fully saturated rings. The number of nitrogens with zero attached hydrogens (tertiary/aromatic N) is 4. The number of carbonyl (C=O) groups excluding carboxylic acids is 1. The first-order valence-electron chi connectivity index (χ1n) is 11.2. The molecule has 0 spiro atoms. The van der Waals surface area contributed by atoms with Gasteiger partial charge in [-0.3, -0.25) is 9.48 Å². The van der Waals surface area contributed by atoms with Gasteiger partial charge < -0.3 is 19.6 Å². The fourth-order valence-electron chi connectivity index (χ4n) is 4.73. The van der Waals surface area contributed by atoms with Crippen molar-refractivity contribution in [1.29, 1.82) is 0 Å². The van der Waals surface area contributed by atoms with Crippen LogP contribution in [0.15, 0.2) is 12.3 Å². The van der Waals surface area contributed by atoms with E-state index in [4.69, 9.17) is 4.74 Å². The predicted octanol–water partition coefficient (Wildman–Crippen LogP) is 3.37. The Kier molecular flexibility index (Phi) is 5.30. The van der Waals surface area contributed by atoms with Crippen LogP contribution < -0.4 is 0 Å². The molecule has 1 aromatic heterocycles. The zero-order chi connectivity index (χ0) is 22.6. The normalized spacial score (nSPS) is 24.4. The molecule has 1 amide bonds. The van der Waals surface area contributed by atoms with Crippen LogP contribution in [-0.2, 0) is 22.0 Å². The van der Waals surface area contributed by atoms with E-state index < -0.39 is 17.0 Å².